The Labute approximate surface area is 170 Å². The first-order valence-corrected chi connectivity index (χ1v) is 10.7. The molecule has 0 spiro atoms. The minimum Gasteiger partial charge on any atom is -0.287 e. The number of rotatable bonds is 5. The van der Waals surface area contributed by atoms with Crippen LogP contribution in [-0.2, 0) is 6.54 Å². The summed E-state index contributed by atoms with van der Waals surface area (Å²) in [5, 5.41) is 13.5. The van der Waals surface area contributed by atoms with Crippen LogP contribution < -0.4 is 5.56 Å². The Morgan fingerprint density at radius 2 is 1.96 bits per heavy atom. The highest BCUT2D eigenvalue weighted by Gasteiger charge is 2.22. The van der Waals surface area contributed by atoms with Crippen LogP contribution in [0.5, 0.6) is 0 Å². The molecule has 4 rings (SSSR count). The number of nitrogens with zero attached hydrogens (tertiary/aromatic N) is 6. The van der Waals surface area contributed by atoms with Gasteiger partial charge in [0.05, 0.1) is 16.3 Å². The number of para-hydroxylation sites is 1. The van der Waals surface area contributed by atoms with Gasteiger partial charge in [-0.3, -0.25) is 9.36 Å². The third kappa shape index (κ3) is 3.14. The van der Waals surface area contributed by atoms with Gasteiger partial charge in [0.15, 0.2) is 11.0 Å². The molecule has 0 N–H and O–H groups in total. The van der Waals surface area contributed by atoms with Crippen LogP contribution in [0.4, 0.5) is 0 Å². The topological polar surface area (TPSA) is 78.5 Å². The van der Waals surface area contributed by atoms with Crippen molar-refractivity contribution in [3.8, 4) is 5.69 Å². The summed E-state index contributed by atoms with van der Waals surface area (Å²) >= 11 is 3.07. The number of benzene rings is 1. The van der Waals surface area contributed by atoms with E-state index in [1.807, 2.05) is 58.0 Å². The van der Waals surface area contributed by atoms with Crippen molar-refractivity contribution in [3.05, 3.63) is 57.0 Å². The third-order valence-electron chi connectivity index (χ3n) is 4.71. The van der Waals surface area contributed by atoms with E-state index in [0.29, 0.717) is 17.5 Å². The van der Waals surface area contributed by atoms with Crippen molar-refractivity contribution in [1.29, 1.82) is 0 Å². The van der Waals surface area contributed by atoms with Crippen LogP contribution in [-0.4, -0.2) is 29.8 Å². The van der Waals surface area contributed by atoms with Gasteiger partial charge in [-0.25, -0.2) is 4.98 Å². The summed E-state index contributed by atoms with van der Waals surface area (Å²) in [6.45, 7) is 8.57. The smallest absolute Gasteiger partial charge is 0.263 e. The molecule has 3 aromatic heterocycles. The molecule has 3 heterocycles. The van der Waals surface area contributed by atoms with Crippen molar-refractivity contribution in [2.24, 2.45) is 0 Å². The second kappa shape index (κ2) is 7.48. The van der Waals surface area contributed by atoms with Crippen molar-refractivity contribution < 1.29 is 0 Å². The second-order valence-corrected chi connectivity index (χ2v) is 8.96. The van der Waals surface area contributed by atoms with Crippen molar-refractivity contribution in [2.75, 3.05) is 0 Å². The average molecular weight is 413 g/mol. The Balaban J connectivity index is 1.75. The van der Waals surface area contributed by atoms with E-state index in [4.69, 9.17) is 4.98 Å². The molecular formula is C19H20N6OS2. The van der Waals surface area contributed by atoms with E-state index in [0.717, 1.165) is 26.3 Å². The quantitative estimate of drug-likeness (QED) is 0.365. The van der Waals surface area contributed by atoms with E-state index in [2.05, 4.69) is 15.5 Å². The first-order chi connectivity index (χ1) is 13.5. The molecule has 1 atom stereocenters. The minimum absolute atomic E-state index is 0.0201. The number of tetrazole rings is 1. The van der Waals surface area contributed by atoms with Crippen LogP contribution in [0.15, 0.2) is 40.3 Å². The largest absolute Gasteiger partial charge is 0.287 e. The van der Waals surface area contributed by atoms with Gasteiger partial charge in [0.2, 0.25) is 0 Å². The molecular weight excluding hydrogens is 392 g/mol. The first kappa shape index (κ1) is 18.8. The molecule has 9 heteroatoms. The minimum atomic E-state index is -0.0838. The highest BCUT2D eigenvalue weighted by molar-refractivity contribution is 7.99. The van der Waals surface area contributed by atoms with Crippen LogP contribution in [0.25, 0.3) is 15.9 Å². The standard InChI is InChI=1S/C19H20N6OS2/c1-5-24-18(26)15-11(2)12(3)27-17(15)20-19(24)28-13(4)16-21-22-23-25(16)14-9-7-6-8-10-14/h6-10,13H,5H2,1-4H3/t13-/m1/s1. The van der Waals surface area contributed by atoms with Gasteiger partial charge in [-0.15, -0.1) is 16.4 Å². The lowest BCUT2D eigenvalue weighted by Gasteiger charge is -2.14. The van der Waals surface area contributed by atoms with E-state index in [1.54, 1.807) is 20.6 Å². The Morgan fingerprint density at radius 3 is 2.68 bits per heavy atom. The molecule has 28 heavy (non-hydrogen) atoms. The number of thioether (sulfide) groups is 1. The maximum absolute atomic E-state index is 13.0. The zero-order valence-electron chi connectivity index (χ0n) is 16.1. The molecule has 0 amide bonds. The zero-order chi connectivity index (χ0) is 19.8. The summed E-state index contributed by atoms with van der Waals surface area (Å²) in [6, 6.07) is 9.77. The molecule has 0 saturated heterocycles. The molecule has 0 saturated carbocycles. The molecule has 144 valence electrons. The molecule has 7 nitrogen and oxygen atoms in total. The fourth-order valence-corrected chi connectivity index (χ4v) is 5.22. The summed E-state index contributed by atoms with van der Waals surface area (Å²) in [6.07, 6.45) is 0. The monoisotopic (exact) mass is 412 g/mol. The van der Waals surface area contributed by atoms with Crippen molar-refractivity contribution in [3.63, 3.8) is 0 Å². The first-order valence-electron chi connectivity index (χ1n) is 9.02. The highest BCUT2D eigenvalue weighted by Crippen LogP contribution is 2.35. The Bertz CT molecular complexity index is 1190. The SMILES string of the molecule is CCn1c(S[C@H](C)c2nnnn2-c2ccccc2)nc2sc(C)c(C)c2c1=O. The van der Waals surface area contributed by atoms with Gasteiger partial charge in [-0.2, -0.15) is 4.68 Å². The lowest BCUT2D eigenvalue weighted by molar-refractivity contribution is 0.633. The average Bonchev–Trinajstić information content (AvgIpc) is 3.28. The number of fused-ring (bicyclic) bond motifs is 1. The van der Waals surface area contributed by atoms with Gasteiger partial charge in [-0.1, -0.05) is 30.0 Å². The summed E-state index contributed by atoms with van der Waals surface area (Å²) in [4.78, 5) is 19.8. The van der Waals surface area contributed by atoms with Crippen molar-refractivity contribution >= 4 is 33.3 Å². The second-order valence-electron chi connectivity index (χ2n) is 6.45. The summed E-state index contributed by atoms with van der Waals surface area (Å²) < 4.78 is 3.46. The normalized spacial score (nSPS) is 12.6. The number of aryl methyl sites for hydroxylation is 2. The van der Waals surface area contributed by atoms with E-state index in [-0.39, 0.29) is 10.8 Å². The molecule has 0 unspecified atom stereocenters. The van der Waals surface area contributed by atoms with E-state index in [1.165, 1.54) is 11.8 Å². The lowest BCUT2D eigenvalue weighted by atomic mass is 10.2. The molecule has 0 aliphatic heterocycles. The summed E-state index contributed by atoms with van der Waals surface area (Å²) in [5.41, 5.74) is 1.94. The predicted molar refractivity (Wildman–Crippen MR) is 112 cm³/mol. The van der Waals surface area contributed by atoms with Gasteiger partial charge < -0.3 is 0 Å². The fourth-order valence-electron chi connectivity index (χ4n) is 3.09. The van der Waals surface area contributed by atoms with Crippen LogP contribution >= 0.6 is 23.1 Å². The molecule has 0 fully saturated rings. The maximum Gasteiger partial charge on any atom is 0.263 e. The summed E-state index contributed by atoms with van der Waals surface area (Å²) in [5.74, 6) is 0.715. The van der Waals surface area contributed by atoms with E-state index < -0.39 is 0 Å². The van der Waals surface area contributed by atoms with Crippen LogP contribution in [0.3, 0.4) is 0 Å². The molecule has 4 aromatic rings. The third-order valence-corrected chi connectivity index (χ3v) is 6.90. The predicted octanol–water partition coefficient (Wildman–Crippen LogP) is 3.92. The summed E-state index contributed by atoms with van der Waals surface area (Å²) in [7, 11) is 0. The number of hydrogen-bond donors (Lipinski definition) is 0. The van der Waals surface area contributed by atoms with E-state index in [9.17, 15) is 4.79 Å². The maximum atomic E-state index is 13.0. The Kier molecular flexibility index (Phi) is 5.03. The molecule has 0 aliphatic rings. The van der Waals surface area contributed by atoms with Crippen molar-refractivity contribution in [2.45, 2.75) is 44.6 Å². The van der Waals surface area contributed by atoms with Gasteiger partial charge in [0.25, 0.3) is 5.56 Å². The van der Waals surface area contributed by atoms with Crippen LogP contribution in [0, 0.1) is 13.8 Å². The molecule has 1 aromatic carbocycles. The number of thiophene rings is 1. The van der Waals surface area contributed by atoms with Gasteiger partial charge in [-0.05, 0) is 55.8 Å². The Hall–Kier alpha value is -2.52. The molecule has 0 radical (unpaired) electrons. The lowest BCUT2D eigenvalue weighted by Crippen LogP contribution is -2.22. The van der Waals surface area contributed by atoms with Crippen molar-refractivity contribution in [1.82, 2.24) is 29.8 Å². The fraction of sp³-hybridized carbons (Fsp3) is 0.316. The zero-order valence-corrected chi connectivity index (χ0v) is 17.7. The van der Waals surface area contributed by atoms with E-state index >= 15 is 0 Å². The van der Waals surface area contributed by atoms with Gasteiger partial charge in [0.1, 0.15) is 4.83 Å². The van der Waals surface area contributed by atoms with Gasteiger partial charge in [0, 0.05) is 11.4 Å². The van der Waals surface area contributed by atoms with Gasteiger partial charge >= 0.3 is 0 Å². The molecule has 0 bridgehead atoms. The Morgan fingerprint density at radius 1 is 1.21 bits per heavy atom. The highest BCUT2D eigenvalue weighted by atomic mass is 32.2. The number of aromatic nitrogens is 6. The molecule has 0 aliphatic carbocycles. The van der Waals surface area contributed by atoms with Crippen LogP contribution in [0.2, 0.25) is 0 Å². The van der Waals surface area contributed by atoms with Crippen LogP contribution in [0.1, 0.15) is 35.4 Å². The number of hydrogen-bond acceptors (Lipinski definition) is 7.